The molecule has 0 atom stereocenters. The van der Waals surface area contributed by atoms with Gasteiger partial charge in [-0.25, -0.2) is 0 Å². The van der Waals surface area contributed by atoms with Crippen LogP contribution >= 0.6 is 24.0 Å². The summed E-state index contributed by atoms with van der Waals surface area (Å²) in [4.78, 5) is 4.20. The maximum Gasteiger partial charge on any atom is 0.191 e. The second kappa shape index (κ2) is 16.1. The van der Waals surface area contributed by atoms with Gasteiger partial charge in [0.25, 0.3) is 0 Å². The standard InChI is InChI=1S/C19H33N3O3.HI/c1-16(2)17-8-5-6-9-18(17)25-13-11-22-19(20-3)21-10-7-12-24-15-14-23-4;/h5-6,8-9,16H,7,10-15H2,1-4H3,(H2,20,21,22);1H. The van der Waals surface area contributed by atoms with Crippen molar-refractivity contribution in [1.82, 2.24) is 10.6 Å². The molecule has 0 bridgehead atoms. The van der Waals surface area contributed by atoms with Gasteiger partial charge < -0.3 is 24.8 Å². The molecule has 7 heteroatoms. The van der Waals surface area contributed by atoms with Crippen LogP contribution in [0.1, 0.15) is 31.7 Å². The van der Waals surface area contributed by atoms with Crippen LogP contribution in [0, 0.1) is 0 Å². The highest BCUT2D eigenvalue weighted by Crippen LogP contribution is 2.25. The molecule has 0 aliphatic heterocycles. The van der Waals surface area contributed by atoms with Crippen molar-refractivity contribution in [2.75, 3.05) is 53.7 Å². The molecule has 1 aromatic carbocycles. The van der Waals surface area contributed by atoms with E-state index in [-0.39, 0.29) is 24.0 Å². The summed E-state index contributed by atoms with van der Waals surface area (Å²) in [5.41, 5.74) is 1.23. The highest BCUT2D eigenvalue weighted by Gasteiger charge is 2.06. The first-order chi connectivity index (χ1) is 12.2. The van der Waals surface area contributed by atoms with E-state index >= 15 is 0 Å². The lowest BCUT2D eigenvalue weighted by atomic mass is 10.0. The zero-order chi connectivity index (χ0) is 18.3. The summed E-state index contributed by atoms with van der Waals surface area (Å²) >= 11 is 0. The smallest absolute Gasteiger partial charge is 0.191 e. The Labute approximate surface area is 175 Å². The molecule has 0 heterocycles. The number of methoxy groups -OCH3 is 1. The molecule has 0 amide bonds. The van der Waals surface area contributed by atoms with Crippen LogP contribution in [0.5, 0.6) is 5.75 Å². The van der Waals surface area contributed by atoms with E-state index in [2.05, 4.69) is 35.5 Å². The molecule has 1 rings (SSSR count). The number of para-hydroxylation sites is 1. The average Bonchev–Trinajstić information content (AvgIpc) is 2.62. The number of aliphatic imine (C=N–C) groups is 1. The predicted molar refractivity (Wildman–Crippen MR) is 118 cm³/mol. The van der Waals surface area contributed by atoms with Crippen LogP contribution < -0.4 is 15.4 Å². The second-order valence-corrected chi connectivity index (χ2v) is 5.93. The van der Waals surface area contributed by atoms with Crippen molar-refractivity contribution >= 4 is 29.9 Å². The Morgan fingerprint density at radius 3 is 2.46 bits per heavy atom. The Balaban J connectivity index is 0.00000625. The van der Waals surface area contributed by atoms with E-state index in [0.29, 0.717) is 38.9 Å². The summed E-state index contributed by atoms with van der Waals surface area (Å²) in [6, 6.07) is 8.18. The summed E-state index contributed by atoms with van der Waals surface area (Å²) in [6.45, 7) is 8.42. The third-order valence-corrected chi connectivity index (χ3v) is 3.61. The molecule has 0 aliphatic carbocycles. The van der Waals surface area contributed by atoms with E-state index in [1.165, 1.54) is 5.56 Å². The predicted octanol–water partition coefficient (Wildman–Crippen LogP) is 3.02. The number of halogens is 1. The van der Waals surface area contributed by atoms with Gasteiger partial charge in [0.2, 0.25) is 0 Å². The van der Waals surface area contributed by atoms with Crippen LogP contribution in [-0.4, -0.2) is 59.6 Å². The van der Waals surface area contributed by atoms with E-state index in [0.717, 1.165) is 24.7 Å². The van der Waals surface area contributed by atoms with E-state index in [4.69, 9.17) is 14.2 Å². The third-order valence-electron chi connectivity index (χ3n) is 3.61. The molecule has 0 saturated carbocycles. The van der Waals surface area contributed by atoms with E-state index in [9.17, 15) is 0 Å². The van der Waals surface area contributed by atoms with Gasteiger partial charge in [0.1, 0.15) is 12.4 Å². The summed E-state index contributed by atoms with van der Waals surface area (Å²) in [6.07, 6.45) is 0.919. The van der Waals surface area contributed by atoms with Crippen LogP contribution in [0.25, 0.3) is 0 Å². The maximum absolute atomic E-state index is 5.90. The van der Waals surface area contributed by atoms with Gasteiger partial charge in [0.05, 0.1) is 19.8 Å². The quantitative estimate of drug-likeness (QED) is 0.209. The summed E-state index contributed by atoms with van der Waals surface area (Å²) in [7, 11) is 3.44. The maximum atomic E-state index is 5.90. The molecule has 0 unspecified atom stereocenters. The zero-order valence-electron chi connectivity index (χ0n) is 16.4. The van der Waals surface area contributed by atoms with Gasteiger partial charge in [-0.15, -0.1) is 24.0 Å². The molecule has 0 spiro atoms. The summed E-state index contributed by atoms with van der Waals surface area (Å²) in [5.74, 6) is 2.18. The van der Waals surface area contributed by atoms with E-state index < -0.39 is 0 Å². The van der Waals surface area contributed by atoms with E-state index in [1.807, 2.05) is 18.2 Å². The van der Waals surface area contributed by atoms with Crippen molar-refractivity contribution in [2.24, 2.45) is 4.99 Å². The van der Waals surface area contributed by atoms with Gasteiger partial charge in [-0.1, -0.05) is 32.0 Å². The fourth-order valence-electron chi connectivity index (χ4n) is 2.27. The van der Waals surface area contributed by atoms with Crippen molar-refractivity contribution in [2.45, 2.75) is 26.2 Å². The first-order valence-corrected chi connectivity index (χ1v) is 8.92. The molecule has 1 aromatic rings. The highest BCUT2D eigenvalue weighted by atomic mass is 127. The molecule has 2 N–H and O–H groups in total. The van der Waals surface area contributed by atoms with Crippen LogP contribution in [0.15, 0.2) is 29.3 Å². The van der Waals surface area contributed by atoms with Gasteiger partial charge in [-0.05, 0) is 24.0 Å². The van der Waals surface area contributed by atoms with Crippen molar-refractivity contribution in [3.05, 3.63) is 29.8 Å². The lowest BCUT2D eigenvalue weighted by Gasteiger charge is -2.15. The van der Waals surface area contributed by atoms with Crippen molar-refractivity contribution in [3.63, 3.8) is 0 Å². The summed E-state index contributed by atoms with van der Waals surface area (Å²) in [5, 5.41) is 6.51. The minimum Gasteiger partial charge on any atom is -0.491 e. The number of nitrogens with zero attached hydrogens (tertiary/aromatic N) is 1. The minimum atomic E-state index is 0. The summed E-state index contributed by atoms with van der Waals surface area (Å²) < 4.78 is 16.2. The molecule has 150 valence electrons. The molecule has 0 aliphatic rings. The largest absolute Gasteiger partial charge is 0.491 e. The monoisotopic (exact) mass is 479 g/mol. The number of guanidine groups is 1. The van der Waals surface area contributed by atoms with E-state index in [1.54, 1.807) is 14.2 Å². The minimum absolute atomic E-state index is 0. The lowest BCUT2D eigenvalue weighted by molar-refractivity contribution is 0.0698. The lowest BCUT2D eigenvalue weighted by Crippen LogP contribution is -2.40. The molecule has 6 nitrogen and oxygen atoms in total. The van der Waals surface area contributed by atoms with Gasteiger partial charge in [0.15, 0.2) is 5.96 Å². The van der Waals surface area contributed by atoms with Crippen molar-refractivity contribution in [3.8, 4) is 5.75 Å². The highest BCUT2D eigenvalue weighted by molar-refractivity contribution is 14.0. The number of hydrogen-bond donors (Lipinski definition) is 2. The van der Waals surface area contributed by atoms with Gasteiger partial charge >= 0.3 is 0 Å². The molecule has 26 heavy (non-hydrogen) atoms. The number of hydrogen-bond acceptors (Lipinski definition) is 4. The molecular formula is C19H34IN3O3. The second-order valence-electron chi connectivity index (χ2n) is 5.93. The fourth-order valence-corrected chi connectivity index (χ4v) is 2.27. The van der Waals surface area contributed by atoms with Crippen LogP contribution in [0.2, 0.25) is 0 Å². The topological polar surface area (TPSA) is 64.1 Å². The first-order valence-electron chi connectivity index (χ1n) is 8.92. The van der Waals surface area contributed by atoms with Crippen LogP contribution in [-0.2, 0) is 9.47 Å². The molecular weight excluding hydrogens is 445 g/mol. The Bertz CT molecular complexity index is 499. The van der Waals surface area contributed by atoms with Crippen LogP contribution in [0.3, 0.4) is 0 Å². The Morgan fingerprint density at radius 2 is 1.77 bits per heavy atom. The van der Waals surface area contributed by atoms with Crippen molar-refractivity contribution in [1.29, 1.82) is 0 Å². The molecule has 0 aromatic heterocycles. The number of ether oxygens (including phenoxy) is 3. The fraction of sp³-hybridized carbons (Fsp3) is 0.632. The van der Waals surface area contributed by atoms with Gasteiger partial charge in [0, 0.05) is 27.3 Å². The SMILES string of the molecule is CN=C(NCCCOCCOC)NCCOc1ccccc1C(C)C.I. The molecule has 0 radical (unpaired) electrons. The Kier molecular flexibility index (Phi) is 15.5. The average molecular weight is 479 g/mol. The number of nitrogens with one attached hydrogen (secondary N) is 2. The molecule has 0 fully saturated rings. The van der Waals surface area contributed by atoms with Crippen LogP contribution in [0.4, 0.5) is 0 Å². The number of benzene rings is 1. The normalized spacial score (nSPS) is 11.2. The van der Waals surface area contributed by atoms with Crippen molar-refractivity contribution < 1.29 is 14.2 Å². The van der Waals surface area contributed by atoms with Gasteiger partial charge in [-0.2, -0.15) is 0 Å². The van der Waals surface area contributed by atoms with Gasteiger partial charge in [-0.3, -0.25) is 4.99 Å². The first kappa shape index (κ1) is 24.9. The Morgan fingerprint density at radius 1 is 1.04 bits per heavy atom. The zero-order valence-corrected chi connectivity index (χ0v) is 18.7. The number of rotatable bonds is 12. The molecule has 0 saturated heterocycles. The third kappa shape index (κ3) is 10.8. The Hall–Kier alpha value is -1.06.